The van der Waals surface area contributed by atoms with Crippen LogP contribution in [0.5, 0.6) is 11.5 Å². The van der Waals surface area contributed by atoms with Crippen molar-refractivity contribution in [3.8, 4) is 11.5 Å². The third kappa shape index (κ3) is 3.02. The maximum absolute atomic E-state index is 13.9. The molecule has 19 heavy (non-hydrogen) atoms. The summed E-state index contributed by atoms with van der Waals surface area (Å²) in [5.74, 6) is -2.78. The van der Waals surface area contributed by atoms with E-state index < -0.39 is 12.5 Å². The molecule has 0 spiro atoms. The summed E-state index contributed by atoms with van der Waals surface area (Å²) in [6, 6.07) is 12.1. The number of phenolic OH excluding ortho intramolecular Hbond substituents is 1. The van der Waals surface area contributed by atoms with Crippen molar-refractivity contribution in [1.82, 2.24) is 0 Å². The predicted octanol–water partition coefficient (Wildman–Crippen LogP) is 3.87. The Morgan fingerprint density at radius 3 is 2.42 bits per heavy atom. The minimum atomic E-state index is -3.07. The van der Waals surface area contributed by atoms with Crippen molar-refractivity contribution in [1.29, 1.82) is 0 Å². The van der Waals surface area contributed by atoms with Crippen LogP contribution in [0.4, 0.5) is 8.78 Å². The molecule has 0 aliphatic rings. The van der Waals surface area contributed by atoms with Gasteiger partial charge in [0.15, 0.2) is 6.61 Å². The number of aromatic hydroxyl groups is 1. The zero-order chi connectivity index (χ0) is 13.9. The summed E-state index contributed by atoms with van der Waals surface area (Å²) in [5, 5.41) is 9.48. The number of benzene rings is 2. The van der Waals surface area contributed by atoms with Crippen LogP contribution in [0.15, 0.2) is 48.5 Å². The van der Waals surface area contributed by atoms with E-state index in [9.17, 15) is 13.9 Å². The van der Waals surface area contributed by atoms with Crippen molar-refractivity contribution in [3.05, 3.63) is 59.7 Å². The van der Waals surface area contributed by atoms with Crippen LogP contribution in [0.2, 0.25) is 0 Å². The van der Waals surface area contributed by atoms with E-state index in [1.54, 1.807) is 37.3 Å². The first-order chi connectivity index (χ1) is 9.00. The SMILES string of the molecule is Cc1c(O)cccc1OCC(F)(F)c1ccccc1. The molecule has 0 aliphatic heterocycles. The van der Waals surface area contributed by atoms with Gasteiger partial charge >= 0.3 is 5.92 Å². The second-order valence-electron chi connectivity index (χ2n) is 4.26. The van der Waals surface area contributed by atoms with Crippen molar-refractivity contribution in [3.63, 3.8) is 0 Å². The van der Waals surface area contributed by atoms with Gasteiger partial charge in [-0.3, -0.25) is 0 Å². The second kappa shape index (κ2) is 5.26. The molecule has 2 nitrogen and oxygen atoms in total. The lowest BCUT2D eigenvalue weighted by Crippen LogP contribution is -2.23. The fourth-order valence-corrected chi connectivity index (χ4v) is 1.69. The van der Waals surface area contributed by atoms with E-state index in [1.807, 2.05) is 0 Å². The first-order valence-corrected chi connectivity index (χ1v) is 5.85. The minimum Gasteiger partial charge on any atom is -0.508 e. The smallest absolute Gasteiger partial charge is 0.306 e. The van der Waals surface area contributed by atoms with Crippen LogP contribution in [-0.2, 0) is 5.92 Å². The fraction of sp³-hybridized carbons (Fsp3) is 0.200. The van der Waals surface area contributed by atoms with Gasteiger partial charge in [0.05, 0.1) is 0 Å². The summed E-state index contributed by atoms with van der Waals surface area (Å²) in [5.41, 5.74) is 0.360. The van der Waals surface area contributed by atoms with Crippen LogP contribution in [0.3, 0.4) is 0 Å². The zero-order valence-corrected chi connectivity index (χ0v) is 10.4. The Morgan fingerprint density at radius 2 is 1.74 bits per heavy atom. The molecule has 0 unspecified atom stereocenters. The van der Waals surface area contributed by atoms with Gasteiger partial charge in [0.1, 0.15) is 11.5 Å². The summed E-state index contributed by atoms with van der Waals surface area (Å²) in [6.07, 6.45) is 0. The maximum atomic E-state index is 13.9. The summed E-state index contributed by atoms with van der Waals surface area (Å²) >= 11 is 0. The third-order valence-corrected chi connectivity index (χ3v) is 2.86. The average molecular weight is 264 g/mol. The van der Waals surface area contributed by atoms with E-state index in [0.717, 1.165) is 0 Å². The first-order valence-electron chi connectivity index (χ1n) is 5.85. The molecule has 1 N–H and O–H groups in total. The Labute approximate surface area is 110 Å². The van der Waals surface area contributed by atoms with Gasteiger partial charge in [-0.05, 0) is 19.1 Å². The zero-order valence-electron chi connectivity index (χ0n) is 10.4. The number of hydrogen-bond donors (Lipinski definition) is 1. The Kier molecular flexibility index (Phi) is 3.69. The van der Waals surface area contributed by atoms with E-state index in [-0.39, 0.29) is 17.1 Å². The van der Waals surface area contributed by atoms with Crippen molar-refractivity contribution in [2.45, 2.75) is 12.8 Å². The molecule has 4 heteroatoms. The Hall–Kier alpha value is -2.10. The molecule has 0 saturated heterocycles. The lowest BCUT2D eigenvalue weighted by Gasteiger charge is -2.18. The molecule has 0 heterocycles. The van der Waals surface area contributed by atoms with E-state index in [2.05, 4.69) is 0 Å². The summed E-state index contributed by atoms with van der Waals surface area (Å²) in [7, 11) is 0. The van der Waals surface area contributed by atoms with E-state index in [1.165, 1.54) is 18.2 Å². The maximum Gasteiger partial charge on any atom is 0.306 e. The Balaban J connectivity index is 2.12. The highest BCUT2D eigenvalue weighted by molar-refractivity contribution is 5.42. The molecule has 0 atom stereocenters. The normalized spacial score (nSPS) is 11.3. The Morgan fingerprint density at radius 1 is 1.05 bits per heavy atom. The fourth-order valence-electron chi connectivity index (χ4n) is 1.69. The number of alkyl halides is 2. The molecule has 2 rings (SSSR count). The number of halogens is 2. The highest BCUT2D eigenvalue weighted by atomic mass is 19.3. The molecule has 0 amide bonds. The summed E-state index contributed by atoms with van der Waals surface area (Å²) in [6.45, 7) is 0.854. The van der Waals surface area contributed by atoms with Gasteiger partial charge in [0.25, 0.3) is 0 Å². The molecular formula is C15H14F2O2. The van der Waals surface area contributed by atoms with E-state index in [0.29, 0.717) is 5.56 Å². The highest BCUT2D eigenvalue weighted by Crippen LogP contribution is 2.31. The van der Waals surface area contributed by atoms with E-state index >= 15 is 0 Å². The van der Waals surface area contributed by atoms with Crippen LogP contribution in [0.25, 0.3) is 0 Å². The van der Waals surface area contributed by atoms with Crippen molar-refractivity contribution >= 4 is 0 Å². The van der Waals surface area contributed by atoms with Crippen LogP contribution >= 0.6 is 0 Å². The standard InChI is InChI=1S/C15H14F2O2/c1-11-13(18)8-5-9-14(11)19-10-15(16,17)12-6-3-2-4-7-12/h2-9,18H,10H2,1H3. The number of rotatable bonds is 4. The quantitative estimate of drug-likeness (QED) is 0.908. The van der Waals surface area contributed by atoms with Gasteiger partial charge in [0.2, 0.25) is 0 Å². The molecule has 0 aliphatic carbocycles. The van der Waals surface area contributed by atoms with Crippen LogP contribution in [0, 0.1) is 6.92 Å². The molecule has 0 aromatic heterocycles. The second-order valence-corrected chi connectivity index (χ2v) is 4.26. The number of hydrogen-bond acceptors (Lipinski definition) is 2. The molecule has 0 bridgehead atoms. The van der Waals surface area contributed by atoms with Gasteiger partial charge < -0.3 is 9.84 Å². The van der Waals surface area contributed by atoms with Crippen LogP contribution in [-0.4, -0.2) is 11.7 Å². The molecule has 2 aromatic carbocycles. The molecule has 0 saturated carbocycles. The largest absolute Gasteiger partial charge is 0.508 e. The molecule has 0 radical (unpaired) electrons. The van der Waals surface area contributed by atoms with Gasteiger partial charge in [-0.15, -0.1) is 0 Å². The topological polar surface area (TPSA) is 29.5 Å². The highest BCUT2D eigenvalue weighted by Gasteiger charge is 2.32. The van der Waals surface area contributed by atoms with Crippen LogP contribution in [0.1, 0.15) is 11.1 Å². The monoisotopic (exact) mass is 264 g/mol. The average Bonchev–Trinajstić information content (AvgIpc) is 2.41. The molecule has 2 aromatic rings. The van der Waals surface area contributed by atoms with Crippen LogP contribution < -0.4 is 4.74 Å². The lowest BCUT2D eigenvalue weighted by atomic mass is 10.1. The first kappa shape index (κ1) is 13.3. The minimum absolute atomic E-state index is 0.0283. The summed E-state index contributed by atoms with van der Waals surface area (Å²) in [4.78, 5) is 0. The predicted molar refractivity (Wildman–Crippen MR) is 68.7 cm³/mol. The van der Waals surface area contributed by atoms with Gasteiger partial charge in [-0.1, -0.05) is 36.4 Å². The van der Waals surface area contributed by atoms with E-state index in [4.69, 9.17) is 4.74 Å². The molecule has 0 fully saturated rings. The lowest BCUT2D eigenvalue weighted by molar-refractivity contribution is -0.0469. The Bertz CT molecular complexity index is 553. The van der Waals surface area contributed by atoms with Crippen molar-refractivity contribution < 1.29 is 18.6 Å². The number of phenols is 1. The number of ether oxygens (including phenoxy) is 1. The van der Waals surface area contributed by atoms with Gasteiger partial charge in [0, 0.05) is 11.1 Å². The van der Waals surface area contributed by atoms with Crippen molar-refractivity contribution in [2.75, 3.05) is 6.61 Å². The molecule has 100 valence electrons. The van der Waals surface area contributed by atoms with Crippen molar-refractivity contribution in [2.24, 2.45) is 0 Å². The molecular weight excluding hydrogens is 250 g/mol. The summed E-state index contributed by atoms with van der Waals surface area (Å²) < 4.78 is 32.9. The van der Waals surface area contributed by atoms with Gasteiger partial charge in [-0.25, -0.2) is 0 Å². The van der Waals surface area contributed by atoms with Gasteiger partial charge in [-0.2, -0.15) is 8.78 Å². The third-order valence-electron chi connectivity index (χ3n) is 2.86.